The van der Waals surface area contributed by atoms with E-state index in [-0.39, 0.29) is 13.0 Å². The first-order valence-corrected chi connectivity index (χ1v) is 4.06. The molecule has 0 bridgehead atoms. The van der Waals surface area contributed by atoms with Crippen molar-refractivity contribution >= 4 is 0 Å². The van der Waals surface area contributed by atoms with Crippen LogP contribution < -0.4 is 0 Å². The lowest BCUT2D eigenvalue weighted by molar-refractivity contribution is -0.283. The largest absolute Gasteiger partial charge is 0.396 e. The van der Waals surface area contributed by atoms with Crippen molar-refractivity contribution in [2.45, 2.75) is 37.1 Å². The van der Waals surface area contributed by atoms with E-state index in [1.165, 1.54) is 0 Å². The molecular formula is C7H14O6. The Morgan fingerprint density at radius 3 is 2.08 bits per heavy atom. The molecule has 1 saturated heterocycles. The van der Waals surface area contributed by atoms with Crippen molar-refractivity contribution in [1.82, 2.24) is 0 Å². The number of hydrogen-bond donors (Lipinski definition) is 5. The third-order valence-electron chi connectivity index (χ3n) is 2.10. The summed E-state index contributed by atoms with van der Waals surface area (Å²) in [6, 6.07) is 0. The zero-order valence-electron chi connectivity index (χ0n) is 6.95. The van der Waals surface area contributed by atoms with E-state index in [1.54, 1.807) is 0 Å². The van der Waals surface area contributed by atoms with Crippen LogP contribution in [-0.4, -0.2) is 62.8 Å². The standard InChI is InChI=1S/C7H14O6/c8-2-1-3-4(9)5(10)6(11)7(12)13-3/h3-12H,1-2H2/t3-,4-,5-,6-,7?/m1/s1. The smallest absolute Gasteiger partial charge is 0.183 e. The molecule has 0 spiro atoms. The fraction of sp³-hybridized carbons (Fsp3) is 1.00. The SMILES string of the molecule is OCC[C@H]1OC(O)[C@H](O)[C@H](O)[C@@H]1O. The first kappa shape index (κ1) is 10.8. The summed E-state index contributed by atoms with van der Waals surface area (Å²) in [6.45, 7) is -0.225. The van der Waals surface area contributed by atoms with Gasteiger partial charge in [0.25, 0.3) is 0 Å². The van der Waals surface area contributed by atoms with Gasteiger partial charge < -0.3 is 30.3 Å². The minimum absolute atomic E-state index is 0.0992. The maximum atomic E-state index is 9.30. The maximum absolute atomic E-state index is 9.30. The Bertz CT molecular complexity index is 163. The van der Waals surface area contributed by atoms with Crippen LogP contribution in [0.25, 0.3) is 0 Å². The Morgan fingerprint density at radius 2 is 1.54 bits per heavy atom. The lowest BCUT2D eigenvalue weighted by Gasteiger charge is -2.38. The van der Waals surface area contributed by atoms with Crippen molar-refractivity contribution in [3.05, 3.63) is 0 Å². The Labute approximate surface area is 75.0 Å². The summed E-state index contributed by atoms with van der Waals surface area (Å²) in [5.74, 6) is 0. The number of hydrogen-bond acceptors (Lipinski definition) is 6. The zero-order valence-corrected chi connectivity index (χ0v) is 6.95. The van der Waals surface area contributed by atoms with Gasteiger partial charge in [0.05, 0.1) is 6.10 Å². The van der Waals surface area contributed by atoms with E-state index in [0.717, 1.165) is 0 Å². The number of aliphatic hydroxyl groups excluding tert-OH is 5. The Morgan fingerprint density at radius 1 is 0.923 bits per heavy atom. The number of ether oxygens (including phenoxy) is 1. The second-order valence-corrected chi connectivity index (χ2v) is 3.05. The van der Waals surface area contributed by atoms with Gasteiger partial charge in [-0.1, -0.05) is 0 Å². The molecule has 1 fully saturated rings. The van der Waals surface area contributed by atoms with E-state index in [0.29, 0.717) is 0 Å². The second kappa shape index (κ2) is 4.32. The Kier molecular flexibility index (Phi) is 3.60. The molecule has 1 aliphatic rings. The van der Waals surface area contributed by atoms with Crippen LogP contribution in [0, 0.1) is 0 Å². The molecule has 6 nitrogen and oxygen atoms in total. The van der Waals surface area contributed by atoms with E-state index in [9.17, 15) is 10.2 Å². The monoisotopic (exact) mass is 194 g/mol. The summed E-state index contributed by atoms with van der Waals surface area (Å²) in [7, 11) is 0. The quantitative estimate of drug-likeness (QED) is 0.324. The highest BCUT2D eigenvalue weighted by Crippen LogP contribution is 2.21. The van der Waals surface area contributed by atoms with E-state index in [4.69, 9.17) is 20.1 Å². The summed E-state index contributed by atoms with van der Waals surface area (Å²) in [5.41, 5.74) is 0. The van der Waals surface area contributed by atoms with Gasteiger partial charge in [0.2, 0.25) is 0 Å². The molecule has 78 valence electrons. The van der Waals surface area contributed by atoms with Gasteiger partial charge in [0.1, 0.15) is 18.3 Å². The molecule has 1 unspecified atom stereocenters. The Balaban J connectivity index is 2.59. The fourth-order valence-electron chi connectivity index (χ4n) is 1.30. The van der Waals surface area contributed by atoms with Crippen molar-refractivity contribution in [2.24, 2.45) is 0 Å². The van der Waals surface area contributed by atoms with Gasteiger partial charge in [0, 0.05) is 6.61 Å². The van der Waals surface area contributed by atoms with Crippen molar-refractivity contribution in [3.8, 4) is 0 Å². The van der Waals surface area contributed by atoms with Crippen molar-refractivity contribution in [2.75, 3.05) is 6.61 Å². The molecule has 0 saturated carbocycles. The summed E-state index contributed by atoms with van der Waals surface area (Å²) in [6.07, 6.45) is -6.51. The molecule has 5 N–H and O–H groups in total. The van der Waals surface area contributed by atoms with Gasteiger partial charge in [-0.25, -0.2) is 0 Å². The number of rotatable bonds is 2. The fourth-order valence-corrected chi connectivity index (χ4v) is 1.30. The van der Waals surface area contributed by atoms with Gasteiger partial charge in [0.15, 0.2) is 6.29 Å². The van der Waals surface area contributed by atoms with Crippen LogP contribution in [0.1, 0.15) is 6.42 Å². The normalized spacial score (nSPS) is 46.4. The Hall–Kier alpha value is -0.240. The predicted molar refractivity (Wildman–Crippen MR) is 40.6 cm³/mol. The lowest BCUT2D eigenvalue weighted by atomic mass is 9.97. The average Bonchev–Trinajstić information content (AvgIpc) is 2.11. The lowest BCUT2D eigenvalue weighted by Crippen LogP contribution is -2.57. The zero-order chi connectivity index (χ0) is 10.0. The molecule has 0 aliphatic carbocycles. The summed E-state index contributed by atoms with van der Waals surface area (Å²) >= 11 is 0. The molecule has 0 amide bonds. The first-order chi connectivity index (χ1) is 6.07. The van der Waals surface area contributed by atoms with Crippen LogP contribution in [0.4, 0.5) is 0 Å². The molecule has 1 heterocycles. The molecule has 0 aromatic carbocycles. The van der Waals surface area contributed by atoms with Gasteiger partial charge >= 0.3 is 0 Å². The summed E-state index contributed by atoms with van der Waals surface area (Å²) in [5, 5.41) is 45.1. The molecule has 0 aromatic rings. The highest BCUT2D eigenvalue weighted by Gasteiger charge is 2.42. The highest BCUT2D eigenvalue weighted by atomic mass is 16.6. The molecular weight excluding hydrogens is 180 g/mol. The first-order valence-electron chi connectivity index (χ1n) is 4.06. The van der Waals surface area contributed by atoms with Crippen LogP contribution >= 0.6 is 0 Å². The minimum Gasteiger partial charge on any atom is -0.396 e. The van der Waals surface area contributed by atoms with Crippen molar-refractivity contribution in [3.63, 3.8) is 0 Å². The van der Waals surface area contributed by atoms with E-state index in [1.807, 2.05) is 0 Å². The van der Waals surface area contributed by atoms with Gasteiger partial charge in [-0.15, -0.1) is 0 Å². The molecule has 6 heteroatoms. The topological polar surface area (TPSA) is 110 Å². The van der Waals surface area contributed by atoms with E-state index in [2.05, 4.69) is 0 Å². The molecule has 0 aromatic heterocycles. The summed E-state index contributed by atoms with van der Waals surface area (Å²) in [4.78, 5) is 0. The third-order valence-corrected chi connectivity index (χ3v) is 2.10. The van der Waals surface area contributed by atoms with Crippen LogP contribution in [-0.2, 0) is 4.74 Å². The average molecular weight is 194 g/mol. The van der Waals surface area contributed by atoms with Gasteiger partial charge in [-0.3, -0.25) is 0 Å². The number of aliphatic hydroxyl groups is 5. The molecule has 1 aliphatic heterocycles. The molecule has 5 atom stereocenters. The van der Waals surface area contributed by atoms with Gasteiger partial charge in [-0.2, -0.15) is 0 Å². The van der Waals surface area contributed by atoms with Crippen LogP contribution in [0.15, 0.2) is 0 Å². The molecule has 1 rings (SSSR count). The van der Waals surface area contributed by atoms with Crippen LogP contribution in [0.3, 0.4) is 0 Å². The van der Waals surface area contributed by atoms with E-state index < -0.39 is 30.7 Å². The second-order valence-electron chi connectivity index (χ2n) is 3.05. The van der Waals surface area contributed by atoms with Gasteiger partial charge in [-0.05, 0) is 6.42 Å². The van der Waals surface area contributed by atoms with Crippen molar-refractivity contribution in [1.29, 1.82) is 0 Å². The van der Waals surface area contributed by atoms with Crippen LogP contribution in [0.5, 0.6) is 0 Å². The minimum atomic E-state index is -1.52. The summed E-state index contributed by atoms with van der Waals surface area (Å²) < 4.78 is 4.76. The predicted octanol–water partition coefficient (Wildman–Crippen LogP) is -2.83. The van der Waals surface area contributed by atoms with Crippen molar-refractivity contribution < 1.29 is 30.3 Å². The molecule has 13 heavy (non-hydrogen) atoms. The third kappa shape index (κ3) is 2.16. The molecule has 0 radical (unpaired) electrons. The maximum Gasteiger partial charge on any atom is 0.183 e. The highest BCUT2D eigenvalue weighted by molar-refractivity contribution is 4.88. The van der Waals surface area contributed by atoms with E-state index >= 15 is 0 Å². The van der Waals surface area contributed by atoms with Crippen LogP contribution in [0.2, 0.25) is 0 Å².